The summed E-state index contributed by atoms with van der Waals surface area (Å²) in [5.41, 5.74) is 0.0522. The summed E-state index contributed by atoms with van der Waals surface area (Å²) >= 11 is 0. The average molecular weight is 314 g/mol. The van der Waals surface area contributed by atoms with Crippen LogP contribution < -0.4 is 10.1 Å². The molecule has 0 spiro atoms. The highest BCUT2D eigenvalue weighted by atomic mass is 19.1. The first kappa shape index (κ1) is 16.6. The van der Waals surface area contributed by atoms with Crippen LogP contribution in [0.1, 0.15) is 17.9 Å². The average Bonchev–Trinajstić information content (AvgIpc) is 2.96. The van der Waals surface area contributed by atoms with Crippen molar-refractivity contribution in [3.63, 3.8) is 0 Å². The van der Waals surface area contributed by atoms with Crippen molar-refractivity contribution >= 4 is 5.84 Å². The molecule has 1 atom stereocenters. The maximum atomic E-state index is 14.1. The van der Waals surface area contributed by atoms with Gasteiger partial charge in [0, 0.05) is 50.8 Å². The van der Waals surface area contributed by atoms with Gasteiger partial charge in [-0.2, -0.15) is 0 Å². The number of benzene rings is 1. The molecule has 1 heterocycles. The van der Waals surface area contributed by atoms with Crippen molar-refractivity contribution in [2.75, 3.05) is 34.4 Å². The van der Waals surface area contributed by atoms with E-state index in [9.17, 15) is 8.78 Å². The zero-order valence-corrected chi connectivity index (χ0v) is 12.9. The summed E-state index contributed by atoms with van der Waals surface area (Å²) in [6.07, 6.45) is 0.0524. The molecule has 1 N–H and O–H groups in total. The zero-order valence-electron chi connectivity index (χ0n) is 12.9. The minimum atomic E-state index is -0.607. The van der Waals surface area contributed by atoms with Gasteiger partial charge in [0.2, 0.25) is 0 Å². The minimum absolute atomic E-state index is 0.0522. The molecule has 5 nitrogen and oxygen atoms in total. The highest BCUT2D eigenvalue weighted by molar-refractivity contribution is 5.84. The fourth-order valence-electron chi connectivity index (χ4n) is 2.44. The molecular formula is C15H20F2N2O3. The van der Waals surface area contributed by atoms with Crippen LogP contribution in [0.25, 0.3) is 0 Å². The van der Waals surface area contributed by atoms with E-state index in [1.807, 2.05) is 0 Å². The molecule has 1 aromatic rings. The monoisotopic (exact) mass is 314 g/mol. The molecule has 0 radical (unpaired) electrons. The Bertz CT molecular complexity index is 525. The fraction of sp³-hybridized carbons (Fsp3) is 0.533. The lowest BCUT2D eigenvalue weighted by atomic mass is 9.96. The third-order valence-electron chi connectivity index (χ3n) is 3.64. The number of rotatable bonds is 6. The van der Waals surface area contributed by atoms with Gasteiger partial charge in [-0.1, -0.05) is 0 Å². The second-order valence-corrected chi connectivity index (χ2v) is 4.98. The van der Waals surface area contributed by atoms with E-state index in [0.29, 0.717) is 25.3 Å². The Balaban J connectivity index is 2.00. The molecule has 7 heteroatoms. The van der Waals surface area contributed by atoms with Crippen molar-refractivity contribution in [3.05, 3.63) is 29.3 Å². The van der Waals surface area contributed by atoms with Gasteiger partial charge >= 0.3 is 0 Å². The smallest absolute Gasteiger partial charge is 0.173 e. The van der Waals surface area contributed by atoms with Crippen molar-refractivity contribution in [1.29, 1.82) is 0 Å². The third kappa shape index (κ3) is 3.72. The summed E-state index contributed by atoms with van der Waals surface area (Å²) in [5, 5.41) is 3.08. The second kappa shape index (κ2) is 7.51. The molecule has 1 aromatic carbocycles. The van der Waals surface area contributed by atoms with Crippen LogP contribution in [0.3, 0.4) is 0 Å². The standard InChI is InChI=1S/C15H20F2N2O3/c1-20-10-5-11(16)15(12(17)6-10)9-4-13(18-7-9)19-8-14(21-2)22-3/h5-6,9,14H,4,7-8H2,1-3H3,(H,18,19). The van der Waals surface area contributed by atoms with Gasteiger partial charge in [0.05, 0.1) is 19.5 Å². The number of nitrogens with one attached hydrogen (secondary N) is 1. The van der Waals surface area contributed by atoms with E-state index in [4.69, 9.17) is 14.2 Å². The maximum Gasteiger partial charge on any atom is 0.173 e. The lowest BCUT2D eigenvalue weighted by Gasteiger charge is -2.16. The lowest BCUT2D eigenvalue weighted by molar-refractivity contribution is -0.0965. The number of methoxy groups -OCH3 is 3. The fourth-order valence-corrected chi connectivity index (χ4v) is 2.44. The van der Waals surface area contributed by atoms with E-state index in [-0.39, 0.29) is 17.2 Å². The summed E-state index contributed by atoms with van der Waals surface area (Å²) in [6, 6.07) is 2.38. The summed E-state index contributed by atoms with van der Waals surface area (Å²) in [6.45, 7) is 0.763. The number of hydrogen-bond donors (Lipinski definition) is 1. The summed E-state index contributed by atoms with van der Waals surface area (Å²) in [5.74, 6) is -0.676. The van der Waals surface area contributed by atoms with Crippen LogP contribution in [0.15, 0.2) is 17.1 Å². The predicted octanol–water partition coefficient (Wildman–Crippen LogP) is 2.07. The van der Waals surface area contributed by atoms with Gasteiger partial charge in [-0.05, 0) is 0 Å². The van der Waals surface area contributed by atoms with Crippen LogP contribution in [0.4, 0.5) is 8.78 Å². The Morgan fingerprint density at radius 2 is 1.86 bits per heavy atom. The molecule has 1 aliphatic rings. The number of halogens is 2. The predicted molar refractivity (Wildman–Crippen MR) is 78.4 cm³/mol. The Kier molecular flexibility index (Phi) is 5.68. The van der Waals surface area contributed by atoms with Crippen LogP contribution in [0.2, 0.25) is 0 Å². The highest BCUT2D eigenvalue weighted by Crippen LogP contribution is 2.31. The quantitative estimate of drug-likeness (QED) is 0.817. The molecule has 2 rings (SSSR count). The number of ether oxygens (including phenoxy) is 3. The van der Waals surface area contributed by atoms with Crippen molar-refractivity contribution in [2.24, 2.45) is 4.99 Å². The minimum Gasteiger partial charge on any atom is -0.497 e. The second-order valence-electron chi connectivity index (χ2n) is 4.98. The molecular weight excluding hydrogens is 294 g/mol. The van der Waals surface area contributed by atoms with Gasteiger partial charge < -0.3 is 19.5 Å². The first-order valence-corrected chi connectivity index (χ1v) is 6.94. The molecule has 0 aromatic heterocycles. The highest BCUT2D eigenvalue weighted by Gasteiger charge is 2.27. The first-order chi connectivity index (χ1) is 10.6. The van der Waals surface area contributed by atoms with Crippen LogP contribution in [0, 0.1) is 11.6 Å². The number of hydrogen-bond acceptors (Lipinski definition) is 5. The summed E-state index contributed by atoms with van der Waals surface area (Å²) in [4.78, 5) is 4.29. The lowest BCUT2D eigenvalue weighted by Crippen LogP contribution is -2.33. The van der Waals surface area contributed by atoms with Crippen LogP contribution >= 0.6 is 0 Å². The van der Waals surface area contributed by atoms with E-state index in [0.717, 1.165) is 0 Å². The topological polar surface area (TPSA) is 52.1 Å². The summed E-state index contributed by atoms with van der Waals surface area (Å²) in [7, 11) is 4.45. The van der Waals surface area contributed by atoms with E-state index in [2.05, 4.69) is 10.3 Å². The Morgan fingerprint density at radius 3 is 2.41 bits per heavy atom. The van der Waals surface area contributed by atoms with E-state index in [1.165, 1.54) is 33.5 Å². The van der Waals surface area contributed by atoms with Gasteiger partial charge in [0.1, 0.15) is 17.4 Å². The molecule has 1 aliphatic heterocycles. The molecule has 1 unspecified atom stereocenters. The molecule has 0 bridgehead atoms. The third-order valence-corrected chi connectivity index (χ3v) is 3.64. The van der Waals surface area contributed by atoms with Crippen molar-refractivity contribution in [3.8, 4) is 5.75 Å². The number of nitrogens with zero attached hydrogens (tertiary/aromatic N) is 1. The normalized spacial score (nSPS) is 17.7. The largest absolute Gasteiger partial charge is 0.497 e. The summed E-state index contributed by atoms with van der Waals surface area (Å²) < 4.78 is 43.1. The van der Waals surface area contributed by atoms with Gasteiger partial charge in [0.15, 0.2) is 6.29 Å². The number of aliphatic imine (C=N–C) groups is 1. The van der Waals surface area contributed by atoms with Crippen molar-refractivity contribution in [2.45, 2.75) is 18.6 Å². The number of amidine groups is 1. The van der Waals surface area contributed by atoms with Crippen LogP contribution in [-0.4, -0.2) is 46.5 Å². The first-order valence-electron chi connectivity index (χ1n) is 6.94. The molecule has 0 fully saturated rings. The van der Waals surface area contributed by atoms with Crippen LogP contribution in [0.5, 0.6) is 5.75 Å². The molecule has 22 heavy (non-hydrogen) atoms. The van der Waals surface area contributed by atoms with Gasteiger partial charge in [0.25, 0.3) is 0 Å². The zero-order chi connectivity index (χ0) is 16.1. The van der Waals surface area contributed by atoms with E-state index in [1.54, 1.807) is 0 Å². The molecule has 0 saturated heterocycles. The SMILES string of the molecule is COc1cc(F)c(C2CN=C(NCC(OC)OC)C2)c(F)c1. The molecule has 122 valence electrons. The van der Waals surface area contributed by atoms with Crippen molar-refractivity contribution in [1.82, 2.24) is 5.32 Å². The van der Waals surface area contributed by atoms with Gasteiger partial charge in [-0.15, -0.1) is 0 Å². The molecule has 0 amide bonds. The van der Waals surface area contributed by atoms with Gasteiger partial charge in [-0.25, -0.2) is 8.78 Å². The Hall–Kier alpha value is -1.73. The van der Waals surface area contributed by atoms with Crippen molar-refractivity contribution < 1.29 is 23.0 Å². The Morgan fingerprint density at radius 1 is 1.23 bits per heavy atom. The van der Waals surface area contributed by atoms with Crippen LogP contribution in [-0.2, 0) is 9.47 Å². The molecule has 0 aliphatic carbocycles. The van der Waals surface area contributed by atoms with E-state index < -0.39 is 17.9 Å². The molecule has 0 saturated carbocycles. The van der Waals surface area contributed by atoms with E-state index >= 15 is 0 Å². The Labute approximate surface area is 128 Å². The maximum absolute atomic E-state index is 14.1. The van der Waals surface area contributed by atoms with Gasteiger partial charge in [-0.3, -0.25) is 4.99 Å².